The molecule has 1 aliphatic rings. The molecule has 0 unspecified atom stereocenters. The number of rotatable bonds is 6. The standard InChI is InChI=1S/C17H25N3O3/c1-18-17(22)14-10-20(2)11-15(14)19-16(21)9-6-12-4-7-13(23-3)8-5-12/h4-5,7-8,14-15H,6,9-11H2,1-3H3,(H,18,22)(H,19,21)/t14-,15-/m0/s1. The number of likely N-dealkylation sites (N-methyl/N-ethyl adjacent to an activating group) is 1. The quantitative estimate of drug-likeness (QED) is 0.797. The molecule has 2 amide bonds. The van der Waals surface area contributed by atoms with Crippen molar-refractivity contribution in [3.63, 3.8) is 0 Å². The van der Waals surface area contributed by atoms with Crippen molar-refractivity contribution in [2.75, 3.05) is 34.3 Å². The average Bonchev–Trinajstić information content (AvgIpc) is 2.93. The summed E-state index contributed by atoms with van der Waals surface area (Å²) in [6, 6.07) is 7.58. The number of hydrogen-bond acceptors (Lipinski definition) is 4. The number of benzene rings is 1. The van der Waals surface area contributed by atoms with Crippen LogP contribution in [0, 0.1) is 5.92 Å². The maximum atomic E-state index is 12.2. The summed E-state index contributed by atoms with van der Waals surface area (Å²) in [6.07, 6.45) is 1.08. The molecule has 1 heterocycles. The molecular weight excluding hydrogens is 294 g/mol. The number of carbonyl (C=O) groups excluding carboxylic acids is 2. The molecule has 2 rings (SSSR count). The predicted octanol–water partition coefficient (Wildman–Crippen LogP) is 0.420. The van der Waals surface area contributed by atoms with E-state index in [4.69, 9.17) is 4.74 Å². The molecule has 0 spiro atoms. The van der Waals surface area contributed by atoms with Crippen LogP contribution in [0.2, 0.25) is 0 Å². The fourth-order valence-electron chi connectivity index (χ4n) is 2.93. The highest BCUT2D eigenvalue weighted by Gasteiger charge is 2.36. The Kier molecular flexibility index (Phi) is 5.98. The number of nitrogens with one attached hydrogen (secondary N) is 2. The number of methoxy groups -OCH3 is 1. The van der Waals surface area contributed by atoms with Crippen LogP contribution in [0.15, 0.2) is 24.3 Å². The van der Waals surface area contributed by atoms with Crippen molar-refractivity contribution in [2.24, 2.45) is 5.92 Å². The Morgan fingerprint density at radius 2 is 1.96 bits per heavy atom. The largest absolute Gasteiger partial charge is 0.497 e. The van der Waals surface area contributed by atoms with E-state index in [0.717, 1.165) is 11.3 Å². The minimum absolute atomic E-state index is 0.0185. The molecule has 1 aliphatic heterocycles. The van der Waals surface area contributed by atoms with Gasteiger partial charge in [0.25, 0.3) is 0 Å². The lowest BCUT2D eigenvalue weighted by atomic mass is 10.0. The fraction of sp³-hybridized carbons (Fsp3) is 0.529. The minimum Gasteiger partial charge on any atom is -0.497 e. The average molecular weight is 319 g/mol. The van der Waals surface area contributed by atoms with Gasteiger partial charge in [-0.3, -0.25) is 9.59 Å². The zero-order valence-electron chi connectivity index (χ0n) is 14.0. The summed E-state index contributed by atoms with van der Waals surface area (Å²) in [6.45, 7) is 1.37. The second-order valence-corrected chi connectivity index (χ2v) is 5.96. The SMILES string of the molecule is CNC(=O)[C@H]1CN(C)C[C@@H]1NC(=O)CCc1ccc(OC)cc1. The van der Waals surface area contributed by atoms with Crippen LogP contribution in [0.3, 0.4) is 0 Å². The maximum absolute atomic E-state index is 12.2. The molecule has 1 fully saturated rings. The van der Waals surface area contributed by atoms with E-state index in [1.807, 2.05) is 31.3 Å². The minimum atomic E-state index is -0.185. The molecular formula is C17H25N3O3. The Morgan fingerprint density at radius 1 is 1.26 bits per heavy atom. The van der Waals surface area contributed by atoms with Crippen molar-refractivity contribution in [1.29, 1.82) is 0 Å². The van der Waals surface area contributed by atoms with Gasteiger partial charge >= 0.3 is 0 Å². The van der Waals surface area contributed by atoms with Crippen molar-refractivity contribution < 1.29 is 14.3 Å². The third kappa shape index (κ3) is 4.69. The van der Waals surface area contributed by atoms with E-state index in [1.54, 1.807) is 14.2 Å². The number of ether oxygens (including phenoxy) is 1. The van der Waals surface area contributed by atoms with Crippen LogP contribution in [0.1, 0.15) is 12.0 Å². The molecule has 126 valence electrons. The van der Waals surface area contributed by atoms with Gasteiger partial charge in [0, 0.05) is 26.6 Å². The maximum Gasteiger partial charge on any atom is 0.226 e. The number of aryl methyl sites for hydroxylation is 1. The number of amides is 2. The summed E-state index contributed by atoms with van der Waals surface area (Å²) >= 11 is 0. The first kappa shape index (κ1) is 17.3. The van der Waals surface area contributed by atoms with Crippen LogP contribution in [0.25, 0.3) is 0 Å². The monoisotopic (exact) mass is 319 g/mol. The first-order chi connectivity index (χ1) is 11.0. The smallest absolute Gasteiger partial charge is 0.226 e. The highest BCUT2D eigenvalue weighted by atomic mass is 16.5. The van der Waals surface area contributed by atoms with Crippen LogP contribution in [0.5, 0.6) is 5.75 Å². The molecule has 1 aromatic carbocycles. The highest BCUT2D eigenvalue weighted by Crippen LogP contribution is 2.16. The topological polar surface area (TPSA) is 70.7 Å². The van der Waals surface area contributed by atoms with E-state index in [9.17, 15) is 9.59 Å². The van der Waals surface area contributed by atoms with Crippen LogP contribution < -0.4 is 15.4 Å². The highest BCUT2D eigenvalue weighted by molar-refractivity contribution is 5.82. The van der Waals surface area contributed by atoms with Gasteiger partial charge in [0.2, 0.25) is 11.8 Å². The molecule has 1 saturated heterocycles. The van der Waals surface area contributed by atoms with Gasteiger partial charge in [-0.1, -0.05) is 12.1 Å². The van der Waals surface area contributed by atoms with Gasteiger partial charge in [-0.15, -0.1) is 0 Å². The second-order valence-electron chi connectivity index (χ2n) is 5.96. The predicted molar refractivity (Wildman–Crippen MR) is 88.3 cm³/mol. The second kappa shape index (κ2) is 7.97. The number of likely N-dealkylation sites (tertiary alicyclic amines) is 1. The van der Waals surface area contributed by atoms with E-state index in [-0.39, 0.29) is 23.8 Å². The van der Waals surface area contributed by atoms with Gasteiger partial charge in [0.05, 0.1) is 19.1 Å². The molecule has 0 bridgehead atoms. The number of hydrogen-bond donors (Lipinski definition) is 2. The first-order valence-corrected chi connectivity index (χ1v) is 7.86. The summed E-state index contributed by atoms with van der Waals surface area (Å²) in [5.41, 5.74) is 1.09. The Morgan fingerprint density at radius 3 is 2.57 bits per heavy atom. The Balaban J connectivity index is 1.84. The van der Waals surface area contributed by atoms with Crippen molar-refractivity contribution in [2.45, 2.75) is 18.9 Å². The molecule has 0 aliphatic carbocycles. The van der Waals surface area contributed by atoms with Crippen LogP contribution in [-0.4, -0.2) is 57.1 Å². The van der Waals surface area contributed by atoms with Gasteiger partial charge in [0.15, 0.2) is 0 Å². The van der Waals surface area contributed by atoms with Gasteiger partial charge in [-0.05, 0) is 31.2 Å². The van der Waals surface area contributed by atoms with E-state index in [0.29, 0.717) is 25.9 Å². The van der Waals surface area contributed by atoms with Crippen molar-refractivity contribution in [3.05, 3.63) is 29.8 Å². The third-order valence-corrected chi connectivity index (χ3v) is 4.23. The summed E-state index contributed by atoms with van der Waals surface area (Å²) < 4.78 is 5.12. The fourth-order valence-corrected chi connectivity index (χ4v) is 2.93. The Hall–Kier alpha value is -2.08. The Labute approximate surface area is 137 Å². The molecule has 2 N–H and O–H groups in total. The lowest BCUT2D eigenvalue weighted by Gasteiger charge is -2.18. The Bertz CT molecular complexity index is 545. The van der Waals surface area contributed by atoms with Crippen LogP contribution in [0.4, 0.5) is 0 Å². The summed E-state index contributed by atoms with van der Waals surface area (Å²) in [5.74, 6) is 0.584. The molecule has 6 heteroatoms. The van der Waals surface area contributed by atoms with E-state index in [1.165, 1.54) is 0 Å². The van der Waals surface area contributed by atoms with Gasteiger partial charge in [0.1, 0.15) is 5.75 Å². The van der Waals surface area contributed by atoms with E-state index in [2.05, 4.69) is 15.5 Å². The summed E-state index contributed by atoms with van der Waals surface area (Å²) in [5, 5.41) is 5.67. The van der Waals surface area contributed by atoms with Crippen molar-refractivity contribution >= 4 is 11.8 Å². The lowest BCUT2D eigenvalue weighted by Crippen LogP contribution is -2.45. The van der Waals surface area contributed by atoms with Crippen molar-refractivity contribution in [3.8, 4) is 5.75 Å². The lowest BCUT2D eigenvalue weighted by molar-refractivity contribution is -0.125. The third-order valence-electron chi connectivity index (χ3n) is 4.23. The molecule has 2 atom stereocenters. The van der Waals surface area contributed by atoms with E-state index < -0.39 is 0 Å². The van der Waals surface area contributed by atoms with Crippen molar-refractivity contribution in [1.82, 2.24) is 15.5 Å². The number of nitrogens with zero attached hydrogens (tertiary/aromatic N) is 1. The normalized spacial score (nSPS) is 21.0. The zero-order valence-corrected chi connectivity index (χ0v) is 14.0. The van der Waals surface area contributed by atoms with Crippen LogP contribution in [-0.2, 0) is 16.0 Å². The summed E-state index contributed by atoms with van der Waals surface area (Å²) in [7, 11) is 5.21. The molecule has 23 heavy (non-hydrogen) atoms. The number of carbonyl (C=O) groups is 2. The van der Waals surface area contributed by atoms with Gasteiger partial charge in [-0.2, -0.15) is 0 Å². The van der Waals surface area contributed by atoms with E-state index >= 15 is 0 Å². The van der Waals surface area contributed by atoms with Crippen LogP contribution >= 0.6 is 0 Å². The molecule has 6 nitrogen and oxygen atoms in total. The molecule has 1 aromatic rings. The zero-order chi connectivity index (χ0) is 16.8. The molecule has 0 aromatic heterocycles. The molecule has 0 radical (unpaired) electrons. The molecule has 0 saturated carbocycles. The first-order valence-electron chi connectivity index (χ1n) is 7.86. The van der Waals surface area contributed by atoms with Gasteiger partial charge in [-0.25, -0.2) is 0 Å². The summed E-state index contributed by atoms with van der Waals surface area (Å²) in [4.78, 5) is 26.1. The van der Waals surface area contributed by atoms with Gasteiger partial charge < -0.3 is 20.3 Å².